The second-order valence-corrected chi connectivity index (χ2v) is 9.42. The van der Waals surface area contributed by atoms with Gasteiger partial charge in [0.05, 0.1) is 7.11 Å². The van der Waals surface area contributed by atoms with Crippen LogP contribution in [-0.4, -0.2) is 38.0 Å². The van der Waals surface area contributed by atoms with E-state index in [2.05, 4.69) is 19.4 Å². The molecule has 2 atom stereocenters. The predicted molar refractivity (Wildman–Crippen MR) is 113 cm³/mol. The zero-order chi connectivity index (χ0) is 21.1. The van der Waals surface area contributed by atoms with E-state index in [0.29, 0.717) is 12.3 Å². The summed E-state index contributed by atoms with van der Waals surface area (Å²) in [6.07, 6.45) is 2.14. The van der Waals surface area contributed by atoms with Crippen molar-refractivity contribution in [3.63, 3.8) is 0 Å². The van der Waals surface area contributed by atoms with Gasteiger partial charge in [-0.15, -0.1) is 0 Å². The van der Waals surface area contributed by atoms with Gasteiger partial charge in [0.2, 0.25) is 5.13 Å². The van der Waals surface area contributed by atoms with Crippen LogP contribution < -0.4 is 14.8 Å². The van der Waals surface area contributed by atoms with Gasteiger partial charge in [-0.05, 0) is 42.6 Å². The van der Waals surface area contributed by atoms with Crippen molar-refractivity contribution in [3.05, 3.63) is 65.7 Å². The molecule has 1 aliphatic rings. The molecular formula is C20H21FN4O3S2. The highest BCUT2D eigenvalue weighted by Crippen LogP contribution is 2.43. The Morgan fingerprint density at radius 2 is 2.00 bits per heavy atom. The van der Waals surface area contributed by atoms with Gasteiger partial charge in [-0.3, -0.25) is 4.72 Å². The zero-order valence-corrected chi connectivity index (χ0v) is 17.8. The molecular weight excluding hydrogens is 427 g/mol. The number of hydrogen-bond acceptors (Lipinski definition) is 7. The number of rotatable bonds is 6. The highest BCUT2D eigenvalue weighted by molar-refractivity contribution is 7.93. The van der Waals surface area contributed by atoms with E-state index < -0.39 is 10.0 Å². The summed E-state index contributed by atoms with van der Waals surface area (Å²) in [5, 5.41) is 3.57. The lowest BCUT2D eigenvalue weighted by Gasteiger charge is -2.34. The van der Waals surface area contributed by atoms with Gasteiger partial charge in [-0.1, -0.05) is 24.3 Å². The number of nitrogens with zero attached hydrogens (tertiary/aromatic N) is 2. The lowest BCUT2D eigenvalue weighted by Crippen LogP contribution is -2.34. The molecule has 2 N–H and O–H groups in total. The van der Waals surface area contributed by atoms with Gasteiger partial charge in [-0.25, -0.2) is 17.8 Å². The Morgan fingerprint density at radius 3 is 2.70 bits per heavy atom. The van der Waals surface area contributed by atoms with Crippen molar-refractivity contribution < 1.29 is 17.5 Å². The Kier molecular flexibility index (Phi) is 5.98. The van der Waals surface area contributed by atoms with E-state index in [-0.39, 0.29) is 27.7 Å². The largest absolute Gasteiger partial charge is 0.495 e. The number of benzene rings is 2. The van der Waals surface area contributed by atoms with Crippen LogP contribution in [0.5, 0.6) is 5.75 Å². The molecule has 0 bridgehead atoms. The normalized spacial score (nSPS) is 19.4. The minimum absolute atomic E-state index is 0.0316. The summed E-state index contributed by atoms with van der Waals surface area (Å²) in [6, 6.07) is 11.6. The summed E-state index contributed by atoms with van der Waals surface area (Å²) in [6.45, 7) is 1.49. The number of nitrogens with one attached hydrogen (secondary N) is 2. The molecule has 2 heterocycles. The van der Waals surface area contributed by atoms with Crippen molar-refractivity contribution in [2.45, 2.75) is 23.2 Å². The topological polar surface area (TPSA) is 93.2 Å². The first-order valence-corrected chi connectivity index (χ1v) is 11.7. The summed E-state index contributed by atoms with van der Waals surface area (Å²) in [5.41, 5.74) is 1.81. The molecule has 0 spiro atoms. The maximum Gasteiger partial charge on any atom is 0.267 e. The predicted octanol–water partition coefficient (Wildman–Crippen LogP) is 3.35. The van der Waals surface area contributed by atoms with Crippen LogP contribution >= 0.6 is 11.5 Å². The molecule has 0 radical (unpaired) electrons. The number of piperidine rings is 1. The van der Waals surface area contributed by atoms with E-state index in [1.165, 1.54) is 31.6 Å². The van der Waals surface area contributed by atoms with E-state index >= 15 is 0 Å². The third kappa shape index (κ3) is 4.16. The summed E-state index contributed by atoms with van der Waals surface area (Å²) in [7, 11) is -2.45. The van der Waals surface area contributed by atoms with Gasteiger partial charge in [0.15, 0.2) is 0 Å². The number of methoxy groups -OCH3 is 1. The minimum Gasteiger partial charge on any atom is -0.495 e. The molecule has 3 aromatic rings. The minimum atomic E-state index is -3.91. The average Bonchev–Trinajstić information content (AvgIpc) is 3.26. The molecule has 0 unspecified atom stereocenters. The molecule has 2 aromatic carbocycles. The van der Waals surface area contributed by atoms with Gasteiger partial charge in [-0.2, -0.15) is 4.37 Å². The highest BCUT2D eigenvalue weighted by Gasteiger charge is 2.32. The molecule has 158 valence electrons. The average molecular weight is 449 g/mol. The number of hydrogen-bond donors (Lipinski definition) is 2. The number of ether oxygens (including phenoxy) is 1. The molecule has 1 aromatic heterocycles. The number of sulfonamides is 1. The fourth-order valence-electron chi connectivity index (χ4n) is 3.94. The summed E-state index contributed by atoms with van der Waals surface area (Å²) in [5.74, 6) is 0.0960. The van der Waals surface area contributed by atoms with Crippen molar-refractivity contribution in [2.24, 2.45) is 0 Å². The lowest BCUT2D eigenvalue weighted by molar-refractivity contribution is 0.364. The Morgan fingerprint density at radius 1 is 1.20 bits per heavy atom. The monoisotopic (exact) mass is 448 g/mol. The molecule has 10 heteroatoms. The standard InChI is InChI=1S/C20H21FN4O3S2/c1-28-19-16(3-2-4-18(19)30(26,27)25-20-23-12-24-29-20)17-11-22-10-9-15(17)13-5-7-14(21)8-6-13/h2-8,12,15,17,22H,9-11H2,1H3,(H,23,24,25)/t15-,17+/m0/s1. The van der Waals surface area contributed by atoms with Crippen LogP contribution in [0.4, 0.5) is 9.52 Å². The third-order valence-corrected chi connectivity index (χ3v) is 7.34. The van der Waals surface area contributed by atoms with E-state index in [1.807, 2.05) is 6.07 Å². The summed E-state index contributed by atoms with van der Waals surface area (Å²) >= 11 is 0.956. The van der Waals surface area contributed by atoms with Gasteiger partial charge < -0.3 is 10.1 Å². The fraction of sp³-hybridized carbons (Fsp3) is 0.300. The number of anilines is 1. The van der Waals surface area contributed by atoms with Crippen LogP contribution in [-0.2, 0) is 10.0 Å². The maximum absolute atomic E-state index is 13.4. The second-order valence-electron chi connectivity index (χ2n) is 6.99. The molecule has 4 rings (SSSR count). The first-order chi connectivity index (χ1) is 14.5. The van der Waals surface area contributed by atoms with Crippen molar-refractivity contribution in [1.29, 1.82) is 0 Å². The summed E-state index contributed by atoms with van der Waals surface area (Å²) in [4.78, 5) is 3.93. The second kappa shape index (κ2) is 8.66. The van der Waals surface area contributed by atoms with E-state index in [4.69, 9.17) is 4.74 Å². The fourth-order valence-corrected chi connectivity index (χ4v) is 5.80. The van der Waals surface area contributed by atoms with E-state index in [0.717, 1.165) is 35.6 Å². The molecule has 1 saturated heterocycles. The van der Waals surface area contributed by atoms with E-state index in [1.54, 1.807) is 18.2 Å². The van der Waals surface area contributed by atoms with Gasteiger partial charge in [0.25, 0.3) is 10.0 Å². The zero-order valence-electron chi connectivity index (χ0n) is 16.2. The number of aromatic nitrogens is 2. The van der Waals surface area contributed by atoms with Gasteiger partial charge in [0, 0.05) is 29.6 Å². The SMILES string of the molecule is COc1c([C@@H]2CNCC[C@H]2c2ccc(F)cc2)cccc1S(=O)(=O)Nc1ncns1. The highest BCUT2D eigenvalue weighted by atomic mass is 32.2. The van der Waals surface area contributed by atoms with Crippen LogP contribution in [0.2, 0.25) is 0 Å². The summed E-state index contributed by atoms with van der Waals surface area (Å²) < 4.78 is 51.3. The third-order valence-electron chi connectivity index (χ3n) is 5.27. The van der Waals surface area contributed by atoms with Crippen LogP contribution in [0.15, 0.2) is 53.7 Å². The lowest BCUT2D eigenvalue weighted by atomic mass is 9.77. The smallest absolute Gasteiger partial charge is 0.267 e. The Balaban J connectivity index is 1.74. The molecule has 0 saturated carbocycles. The van der Waals surface area contributed by atoms with E-state index in [9.17, 15) is 12.8 Å². The molecule has 7 nitrogen and oxygen atoms in total. The van der Waals surface area contributed by atoms with Crippen molar-refractivity contribution >= 4 is 26.7 Å². The van der Waals surface area contributed by atoms with Gasteiger partial charge in [0.1, 0.15) is 22.8 Å². The number of halogens is 1. The molecule has 0 amide bonds. The molecule has 0 aliphatic carbocycles. The number of para-hydroxylation sites is 1. The quantitative estimate of drug-likeness (QED) is 0.601. The Hall–Kier alpha value is -2.56. The van der Waals surface area contributed by atoms with Gasteiger partial charge >= 0.3 is 0 Å². The Bertz CT molecular complexity index is 1110. The maximum atomic E-state index is 13.4. The van der Waals surface area contributed by atoms with Crippen molar-refractivity contribution in [2.75, 3.05) is 24.9 Å². The van der Waals surface area contributed by atoms with Crippen LogP contribution in [0.1, 0.15) is 29.4 Å². The molecule has 1 fully saturated rings. The van der Waals surface area contributed by atoms with Crippen LogP contribution in [0.25, 0.3) is 0 Å². The van der Waals surface area contributed by atoms with Crippen LogP contribution in [0.3, 0.4) is 0 Å². The first-order valence-electron chi connectivity index (χ1n) is 9.42. The van der Waals surface area contributed by atoms with Crippen molar-refractivity contribution in [3.8, 4) is 5.75 Å². The van der Waals surface area contributed by atoms with Crippen molar-refractivity contribution in [1.82, 2.24) is 14.7 Å². The molecule has 1 aliphatic heterocycles. The molecule has 30 heavy (non-hydrogen) atoms. The Labute approximate surface area is 178 Å². The van der Waals surface area contributed by atoms with Crippen LogP contribution in [0, 0.1) is 5.82 Å². The first kappa shape index (κ1) is 20.7.